The molecule has 0 amide bonds. The number of hydrogen-bond acceptors (Lipinski definition) is 2. The summed E-state index contributed by atoms with van der Waals surface area (Å²) in [6.07, 6.45) is 0. The summed E-state index contributed by atoms with van der Waals surface area (Å²) in [6.45, 7) is 9.36. The van der Waals surface area contributed by atoms with E-state index in [-0.39, 0.29) is 16.2 Å². The molecule has 0 atom stereocenters. The van der Waals surface area contributed by atoms with E-state index < -0.39 is 5.41 Å². The van der Waals surface area contributed by atoms with Crippen LogP contribution in [0.5, 0.6) is 0 Å². The first-order chi connectivity index (χ1) is 58.5. The van der Waals surface area contributed by atoms with Crippen molar-refractivity contribution in [1.29, 1.82) is 0 Å². The summed E-state index contributed by atoms with van der Waals surface area (Å²) in [4.78, 5) is 2.48. The third-order valence-electron chi connectivity index (χ3n) is 25.5. The van der Waals surface area contributed by atoms with Crippen molar-refractivity contribution in [1.82, 2.24) is 0 Å². The van der Waals surface area contributed by atoms with Crippen LogP contribution in [0.3, 0.4) is 0 Å². The third kappa shape index (κ3) is 12.5. The van der Waals surface area contributed by atoms with Crippen molar-refractivity contribution >= 4 is 44.4 Å². The molecule has 0 unspecified atom stereocenters. The molecule has 18 aromatic carbocycles. The Bertz CT molecular complexity index is 6710. The van der Waals surface area contributed by atoms with Crippen LogP contribution in [0, 0.1) is 0 Å². The van der Waals surface area contributed by atoms with E-state index in [1.54, 1.807) is 0 Å². The normalized spacial score (nSPS) is 13.7. The third-order valence-corrected chi connectivity index (χ3v) is 26.2. The van der Waals surface area contributed by atoms with Crippen LogP contribution in [0.1, 0.15) is 94.5 Å². The van der Waals surface area contributed by atoms with Crippen LogP contribution >= 0.6 is 15.9 Å². The Morgan fingerprint density at radius 2 is 0.521 bits per heavy atom. The molecular weight excluding hydrogens is 1500 g/mol. The second-order valence-electron chi connectivity index (χ2n) is 32.7. The van der Waals surface area contributed by atoms with Gasteiger partial charge in [-0.1, -0.05) is 432 Å². The molecule has 4 aliphatic carbocycles. The topological polar surface area (TPSA) is 15.3 Å². The molecule has 4 aliphatic rings. The zero-order chi connectivity index (χ0) is 80.2. The summed E-state index contributed by atoms with van der Waals surface area (Å²) >= 11 is 3.80. The second-order valence-corrected chi connectivity index (χ2v) is 33.5. The SMILES string of the molecule is Brc1ccccc1-c1cccc2c1-c1ccccc1C2(c1ccccc1)c1ccccc1.CC1(C)c2ccccc2-c2ccc(N(c3ccc(-c4ccccc4)cc3)c3ccccc3-c3cccc4c3-c3ccccc3C4(c3ccccc3)c3ccccc3)cc21.CC1(C)c2ccccc2-c2ccc(Nc3ccc(-c4ccccc4)cc3)cc21. The van der Waals surface area contributed by atoms with Crippen molar-refractivity contribution in [2.75, 3.05) is 10.2 Å². The molecule has 0 aliphatic heterocycles. The van der Waals surface area contributed by atoms with Crippen LogP contribution in [-0.4, -0.2) is 0 Å². The smallest absolute Gasteiger partial charge is 0.0713 e. The molecule has 0 radical (unpaired) electrons. The van der Waals surface area contributed by atoms with Crippen LogP contribution in [0.15, 0.2) is 453 Å². The fourth-order valence-corrected chi connectivity index (χ4v) is 20.5. The Kier molecular flexibility index (Phi) is 19.0. The Morgan fingerprint density at radius 1 is 0.210 bits per heavy atom. The molecule has 0 fully saturated rings. The van der Waals surface area contributed by atoms with Crippen molar-refractivity contribution in [3.8, 4) is 89.0 Å². The van der Waals surface area contributed by atoms with Crippen LogP contribution in [0.2, 0.25) is 0 Å². The van der Waals surface area contributed by atoms with Crippen molar-refractivity contribution < 1.29 is 0 Å². The molecular formula is C116H87BrN2. The maximum Gasteiger partial charge on any atom is 0.0713 e. The Morgan fingerprint density at radius 3 is 0.983 bits per heavy atom. The highest BCUT2D eigenvalue weighted by atomic mass is 79.9. The van der Waals surface area contributed by atoms with Gasteiger partial charge in [0, 0.05) is 43.6 Å². The van der Waals surface area contributed by atoms with Crippen molar-refractivity contribution in [2.45, 2.75) is 49.4 Å². The number of nitrogens with zero attached hydrogens (tertiary/aromatic N) is 1. The van der Waals surface area contributed by atoms with E-state index in [4.69, 9.17) is 0 Å². The first-order valence-electron chi connectivity index (χ1n) is 41.4. The Balaban J connectivity index is 0.000000127. The highest BCUT2D eigenvalue weighted by Gasteiger charge is 2.49. The molecule has 22 rings (SSSR count). The second kappa shape index (κ2) is 30.6. The van der Waals surface area contributed by atoms with Gasteiger partial charge in [0.2, 0.25) is 0 Å². The quantitative estimate of drug-likeness (QED) is 0.124. The summed E-state index contributed by atoms with van der Waals surface area (Å²) in [6, 6.07) is 164. The molecule has 0 aromatic heterocycles. The number of hydrogen-bond donors (Lipinski definition) is 1. The number of nitrogens with one attached hydrogen (secondary N) is 1. The van der Waals surface area contributed by atoms with Crippen molar-refractivity contribution in [2.24, 2.45) is 0 Å². The number of rotatable bonds is 13. The number of para-hydroxylation sites is 1. The standard InChI is InChI=1S/C58H43N.C31H21Br.C27H23N/c1-57(2)51-29-15-12-25-46(51)47-38-37-45(39-54(47)57)59(44-35-33-41(34-36-44)40-19-6-3-7-20-40)55-32-17-14-26-48(55)49-28-18-31-53-56(49)50-27-13-16-30-52(50)58(53,42-21-8-4-9-22-42)43-23-10-5-11-24-43;32-29-21-10-8-16-24(29)25-18-11-20-28-30(25)26-17-7-9-19-27(26)31(28,22-12-3-1-4-13-22)23-14-5-2-6-15-23;1-27(2)25-11-7-6-10-23(25)24-17-16-22(18-26(24)27)28-21-14-12-20(13-15-21)19-8-4-3-5-9-19/h3-39H,1-2H3;1-21H;3-18,28H,1-2H3. The minimum absolute atomic E-state index is 0.0286. The van der Waals surface area contributed by atoms with E-state index in [1.807, 2.05) is 6.07 Å². The van der Waals surface area contributed by atoms with Crippen LogP contribution < -0.4 is 10.2 Å². The van der Waals surface area contributed by atoms with Gasteiger partial charge in [-0.2, -0.15) is 0 Å². The summed E-state index contributed by atoms with van der Waals surface area (Å²) in [5.74, 6) is 0. The summed E-state index contributed by atoms with van der Waals surface area (Å²) in [5, 5.41) is 3.58. The van der Waals surface area contributed by atoms with E-state index in [0.29, 0.717) is 0 Å². The Labute approximate surface area is 707 Å². The first-order valence-corrected chi connectivity index (χ1v) is 42.2. The van der Waals surface area contributed by atoms with E-state index >= 15 is 0 Å². The van der Waals surface area contributed by atoms with Gasteiger partial charge in [0.05, 0.1) is 16.5 Å². The lowest BCUT2D eigenvalue weighted by molar-refractivity contribution is 0.660. The average Bonchev–Trinajstić information content (AvgIpc) is 1.54. The van der Waals surface area contributed by atoms with Gasteiger partial charge in [-0.3, -0.25) is 0 Å². The van der Waals surface area contributed by atoms with Gasteiger partial charge in [0.25, 0.3) is 0 Å². The number of anilines is 5. The molecule has 3 heteroatoms. The maximum atomic E-state index is 3.80. The monoisotopic (exact) mass is 1590 g/mol. The minimum Gasteiger partial charge on any atom is -0.356 e. The number of halogens is 1. The first kappa shape index (κ1) is 73.9. The van der Waals surface area contributed by atoms with Gasteiger partial charge >= 0.3 is 0 Å². The fourth-order valence-electron chi connectivity index (χ4n) is 20.0. The predicted octanol–water partition coefficient (Wildman–Crippen LogP) is 31.0. The molecule has 1 N–H and O–H groups in total. The van der Waals surface area contributed by atoms with E-state index in [2.05, 4.69) is 497 Å². The van der Waals surface area contributed by atoms with Crippen molar-refractivity contribution in [3.05, 3.63) is 520 Å². The molecule has 0 bridgehead atoms. The van der Waals surface area contributed by atoms with E-state index in [0.717, 1.165) is 32.9 Å². The lowest BCUT2D eigenvalue weighted by Crippen LogP contribution is -2.28. The lowest BCUT2D eigenvalue weighted by Gasteiger charge is -2.34. The molecule has 568 valence electrons. The summed E-state index contributed by atoms with van der Waals surface area (Å²) in [5.41, 5.74) is 41.0. The largest absolute Gasteiger partial charge is 0.356 e. The van der Waals surface area contributed by atoms with Crippen LogP contribution in [0.25, 0.3) is 89.0 Å². The molecule has 0 spiro atoms. The summed E-state index contributed by atoms with van der Waals surface area (Å²) in [7, 11) is 0. The van der Waals surface area contributed by atoms with Crippen molar-refractivity contribution in [3.63, 3.8) is 0 Å². The highest BCUT2D eigenvalue weighted by molar-refractivity contribution is 9.10. The zero-order valence-corrected chi connectivity index (χ0v) is 68.6. The Hall–Kier alpha value is -14.0. The van der Waals surface area contributed by atoms with Crippen LogP contribution in [0.4, 0.5) is 28.4 Å². The average molecular weight is 1590 g/mol. The number of fused-ring (bicyclic) bond motifs is 12. The van der Waals surface area contributed by atoms with Gasteiger partial charge in [-0.05, 0) is 211 Å². The lowest BCUT2D eigenvalue weighted by atomic mass is 9.67. The van der Waals surface area contributed by atoms with Gasteiger partial charge < -0.3 is 10.2 Å². The van der Waals surface area contributed by atoms with Crippen LogP contribution in [-0.2, 0) is 21.7 Å². The van der Waals surface area contributed by atoms with E-state index in [9.17, 15) is 0 Å². The van der Waals surface area contributed by atoms with Gasteiger partial charge in [0.15, 0.2) is 0 Å². The zero-order valence-electron chi connectivity index (χ0n) is 67.0. The fraction of sp³-hybridized carbons (Fsp3) is 0.0690. The molecule has 119 heavy (non-hydrogen) atoms. The molecule has 0 heterocycles. The summed E-state index contributed by atoms with van der Waals surface area (Å²) < 4.78 is 1.11. The van der Waals surface area contributed by atoms with E-state index in [1.165, 1.54) is 156 Å². The maximum absolute atomic E-state index is 3.80. The molecule has 18 aromatic rings. The van der Waals surface area contributed by atoms with Gasteiger partial charge in [0.1, 0.15) is 0 Å². The number of benzene rings is 18. The molecule has 0 saturated carbocycles. The van der Waals surface area contributed by atoms with Gasteiger partial charge in [-0.15, -0.1) is 0 Å². The predicted molar refractivity (Wildman–Crippen MR) is 503 cm³/mol. The molecule has 0 saturated heterocycles. The molecule has 2 nitrogen and oxygen atoms in total. The minimum atomic E-state index is -0.479. The van der Waals surface area contributed by atoms with Gasteiger partial charge in [-0.25, -0.2) is 0 Å². The highest BCUT2D eigenvalue weighted by Crippen LogP contribution is 2.62.